The minimum absolute atomic E-state index is 0.0847. The van der Waals surface area contributed by atoms with Crippen molar-refractivity contribution in [2.75, 3.05) is 44.6 Å². The molecule has 5 rings (SSSR count). The number of anilines is 1. The zero-order valence-electron chi connectivity index (χ0n) is 23.5. The van der Waals surface area contributed by atoms with Crippen molar-refractivity contribution < 1.29 is 23.5 Å². The zero-order chi connectivity index (χ0) is 29.7. The van der Waals surface area contributed by atoms with Crippen molar-refractivity contribution in [3.8, 4) is 0 Å². The number of amides is 2. The summed E-state index contributed by atoms with van der Waals surface area (Å²) in [5.41, 5.74) is -0.929. The van der Waals surface area contributed by atoms with E-state index in [2.05, 4.69) is 24.1 Å². The number of nitrogens with zero attached hydrogens (tertiary/aromatic N) is 3. The molecular formula is C30H36Cl2F2N4O3. The number of carbonyl (C=O) groups is 2. The third kappa shape index (κ3) is 6.33. The van der Waals surface area contributed by atoms with Crippen molar-refractivity contribution in [2.45, 2.75) is 57.7 Å². The van der Waals surface area contributed by atoms with Gasteiger partial charge in [0, 0.05) is 57.1 Å². The SMILES string of the molecule is CC1(C)CCN(C(=O)c2c(Cl)cc(NC3CN(C4CCN(C(=O)[C@@](C)(O)c5cc(F)cc(F)c5)CC4)C3)cc2Cl)C1. The van der Waals surface area contributed by atoms with E-state index in [9.17, 15) is 23.5 Å². The Morgan fingerprint density at radius 2 is 1.56 bits per heavy atom. The average molecular weight is 610 g/mol. The van der Waals surface area contributed by atoms with Crippen molar-refractivity contribution in [2.24, 2.45) is 5.41 Å². The summed E-state index contributed by atoms with van der Waals surface area (Å²) in [5, 5.41) is 15.0. The van der Waals surface area contributed by atoms with Gasteiger partial charge in [-0.15, -0.1) is 0 Å². The van der Waals surface area contributed by atoms with Gasteiger partial charge in [-0.25, -0.2) is 8.78 Å². The van der Waals surface area contributed by atoms with Crippen molar-refractivity contribution >= 4 is 40.7 Å². The third-order valence-electron chi connectivity index (χ3n) is 8.61. The second-order valence-corrected chi connectivity index (χ2v) is 13.3. The Morgan fingerprint density at radius 3 is 2.10 bits per heavy atom. The molecule has 0 saturated carbocycles. The second kappa shape index (κ2) is 11.3. The van der Waals surface area contributed by atoms with Crippen LogP contribution in [0.4, 0.5) is 14.5 Å². The number of benzene rings is 2. The molecule has 0 bridgehead atoms. The molecule has 3 fully saturated rings. The minimum Gasteiger partial charge on any atom is -0.380 e. The number of piperidine rings is 1. The molecule has 0 aromatic heterocycles. The normalized spacial score (nSPS) is 21.5. The number of rotatable bonds is 6. The van der Waals surface area contributed by atoms with Crippen LogP contribution < -0.4 is 5.32 Å². The summed E-state index contributed by atoms with van der Waals surface area (Å²) in [7, 11) is 0. The first-order valence-electron chi connectivity index (χ1n) is 14.0. The van der Waals surface area contributed by atoms with Gasteiger partial charge in [-0.05, 0) is 61.4 Å². The standard InChI is InChI=1S/C30H36Cl2F2N4O3/c1-29(2)6-9-37(17-29)27(39)26-24(31)13-21(14-25(26)32)35-22-15-38(16-22)23-4-7-36(8-5-23)28(40)30(3,41)18-10-19(33)12-20(34)11-18/h10-14,22-23,35,41H,4-9,15-17H2,1-3H3/t30-/m0/s1. The Bertz CT molecular complexity index is 1300. The fraction of sp³-hybridized carbons (Fsp3) is 0.533. The van der Waals surface area contributed by atoms with Crippen LogP contribution in [0, 0.1) is 17.0 Å². The fourth-order valence-electron chi connectivity index (χ4n) is 6.14. The van der Waals surface area contributed by atoms with Crippen LogP contribution in [0.2, 0.25) is 10.0 Å². The molecule has 0 unspecified atom stereocenters. The molecular weight excluding hydrogens is 573 g/mol. The van der Waals surface area contributed by atoms with E-state index in [0.717, 1.165) is 50.2 Å². The van der Waals surface area contributed by atoms with E-state index in [4.69, 9.17) is 23.2 Å². The molecule has 1 atom stereocenters. The maximum atomic E-state index is 13.7. The summed E-state index contributed by atoms with van der Waals surface area (Å²) < 4.78 is 27.3. The molecule has 0 spiro atoms. The lowest BCUT2D eigenvalue weighted by Crippen LogP contribution is -2.61. The van der Waals surface area contributed by atoms with Crippen molar-refractivity contribution in [1.29, 1.82) is 0 Å². The number of likely N-dealkylation sites (tertiary alicyclic amines) is 3. The lowest BCUT2D eigenvalue weighted by Gasteiger charge is -2.48. The molecule has 0 aliphatic carbocycles. The molecule has 2 aromatic rings. The van der Waals surface area contributed by atoms with E-state index in [1.807, 2.05) is 4.90 Å². The summed E-state index contributed by atoms with van der Waals surface area (Å²) in [5.74, 6) is -2.38. The van der Waals surface area contributed by atoms with Gasteiger partial charge < -0.3 is 20.2 Å². The Kier molecular flexibility index (Phi) is 8.29. The molecule has 11 heteroatoms. The molecule has 2 amide bonds. The van der Waals surface area contributed by atoms with Crippen molar-refractivity contribution in [3.63, 3.8) is 0 Å². The maximum absolute atomic E-state index is 13.7. The first-order chi connectivity index (χ1) is 19.2. The third-order valence-corrected chi connectivity index (χ3v) is 9.21. The van der Waals surface area contributed by atoms with Crippen molar-refractivity contribution in [1.82, 2.24) is 14.7 Å². The monoisotopic (exact) mass is 608 g/mol. The quantitative estimate of drug-likeness (QED) is 0.475. The largest absolute Gasteiger partial charge is 0.380 e. The Hall–Kier alpha value is -2.46. The number of aliphatic hydroxyl groups is 1. The summed E-state index contributed by atoms with van der Waals surface area (Å²) >= 11 is 13.1. The van der Waals surface area contributed by atoms with Crippen molar-refractivity contribution in [3.05, 3.63) is 63.1 Å². The van der Waals surface area contributed by atoms with Gasteiger partial charge in [0.05, 0.1) is 21.7 Å². The number of halogens is 4. The van der Waals surface area contributed by atoms with E-state index in [1.165, 1.54) is 6.92 Å². The molecule has 0 radical (unpaired) electrons. The minimum atomic E-state index is -2.02. The van der Waals surface area contributed by atoms with Crippen LogP contribution in [0.5, 0.6) is 0 Å². The van der Waals surface area contributed by atoms with Crippen LogP contribution in [0.3, 0.4) is 0 Å². The summed E-state index contributed by atoms with van der Waals surface area (Å²) in [4.78, 5) is 31.8. The van der Waals surface area contributed by atoms with Gasteiger partial charge in [0.25, 0.3) is 11.8 Å². The highest BCUT2D eigenvalue weighted by atomic mass is 35.5. The van der Waals surface area contributed by atoms with Gasteiger partial charge in [0.15, 0.2) is 5.60 Å². The summed E-state index contributed by atoms with van der Waals surface area (Å²) in [6, 6.07) is 6.66. The highest BCUT2D eigenvalue weighted by molar-refractivity contribution is 6.40. The zero-order valence-corrected chi connectivity index (χ0v) is 25.0. The molecule has 7 nitrogen and oxygen atoms in total. The lowest BCUT2D eigenvalue weighted by atomic mass is 9.91. The first-order valence-corrected chi connectivity index (χ1v) is 14.8. The number of hydrogen-bond acceptors (Lipinski definition) is 5. The molecule has 3 aliphatic rings. The maximum Gasteiger partial charge on any atom is 0.258 e. The topological polar surface area (TPSA) is 76.1 Å². The fourth-order valence-corrected chi connectivity index (χ4v) is 6.79. The average Bonchev–Trinajstić information content (AvgIpc) is 3.24. The molecule has 3 aliphatic heterocycles. The lowest BCUT2D eigenvalue weighted by molar-refractivity contribution is -0.152. The van der Waals surface area contributed by atoms with Gasteiger partial charge in [0.2, 0.25) is 0 Å². The summed E-state index contributed by atoms with van der Waals surface area (Å²) in [6.07, 6.45) is 2.40. The van der Waals surface area contributed by atoms with Crippen LogP contribution >= 0.6 is 23.2 Å². The van der Waals surface area contributed by atoms with E-state index in [0.29, 0.717) is 47.9 Å². The van der Waals surface area contributed by atoms with Crippen LogP contribution in [0.15, 0.2) is 30.3 Å². The molecule has 3 saturated heterocycles. The number of carbonyl (C=O) groups excluding carboxylic acids is 2. The van der Waals surface area contributed by atoms with E-state index in [-0.39, 0.29) is 29.0 Å². The smallest absolute Gasteiger partial charge is 0.258 e. The predicted octanol–water partition coefficient (Wildman–Crippen LogP) is 5.14. The van der Waals surface area contributed by atoms with Crippen LogP contribution in [-0.2, 0) is 10.4 Å². The Balaban J connectivity index is 1.12. The van der Waals surface area contributed by atoms with Gasteiger partial charge >= 0.3 is 0 Å². The van der Waals surface area contributed by atoms with Gasteiger partial charge in [-0.3, -0.25) is 14.5 Å². The van der Waals surface area contributed by atoms with E-state index < -0.39 is 23.1 Å². The van der Waals surface area contributed by atoms with Gasteiger partial charge in [-0.1, -0.05) is 37.0 Å². The number of hydrogen-bond donors (Lipinski definition) is 2. The molecule has 2 aromatic carbocycles. The van der Waals surface area contributed by atoms with Gasteiger partial charge in [-0.2, -0.15) is 0 Å². The second-order valence-electron chi connectivity index (χ2n) is 12.5. The Morgan fingerprint density at radius 1 is 0.976 bits per heavy atom. The Labute approximate surface area is 249 Å². The summed E-state index contributed by atoms with van der Waals surface area (Å²) in [6.45, 7) is 9.42. The van der Waals surface area contributed by atoms with E-state index in [1.54, 1.807) is 17.0 Å². The predicted molar refractivity (Wildman–Crippen MR) is 155 cm³/mol. The molecule has 3 heterocycles. The molecule has 2 N–H and O–H groups in total. The highest BCUT2D eigenvalue weighted by Gasteiger charge is 2.41. The van der Waals surface area contributed by atoms with Crippen LogP contribution in [-0.4, -0.2) is 83.0 Å². The van der Waals surface area contributed by atoms with Crippen LogP contribution in [0.25, 0.3) is 0 Å². The molecule has 41 heavy (non-hydrogen) atoms. The molecule has 222 valence electrons. The first kappa shape index (κ1) is 30.0. The number of nitrogens with one attached hydrogen (secondary N) is 1. The van der Waals surface area contributed by atoms with Gasteiger partial charge in [0.1, 0.15) is 11.6 Å². The van der Waals surface area contributed by atoms with Crippen LogP contribution in [0.1, 0.15) is 56.0 Å². The highest BCUT2D eigenvalue weighted by Crippen LogP contribution is 2.35. The van der Waals surface area contributed by atoms with E-state index >= 15 is 0 Å².